The van der Waals surface area contributed by atoms with E-state index in [-0.39, 0.29) is 6.04 Å². The van der Waals surface area contributed by atoms with Crippen LogP contribution in [0.2, 0.25) is 0 Å². The lowest BCUT2D eigenvalue weighted by Gasteiger charge is -2.15. The number of allylic oxidation sites excluding steroid dienone is 1. The molecule has 0 aliphatic carbocycles. The predicted octanol–water partition coefficient (Wildman–Crippen LogP) is 2.32. The SMILES string of the molecule is CNC(C=C(C)C)c1cccnc1OC. The summed E-state index contributed by atoms with van der Waals surface area (Å²) in [5.41, 5.74) is 2.32. The monoisotopic (exact) mass is 206 g/mol. The van der Waals surface area contributed by atoms with E-state index >= 15 is 0 Å². The number of ether oxygens (including phenoxy) is 1. The summed E-state index contributed by atoms with van der Waals surface area (Å²) in [5.74, 6) is 0.675. The van der Waals surface area contributed by atoms with Gasteiger partial charge in [-0.25, -0.2) is 4.98 Å². The second kappa shape index (κ2) is 5.51. The Labute approximate surface area is 91.2 Å². The molecule has 3 nitrogen and oxygen atoms in total. The molecule has 3 heteroatoms. The fourth-order valence-electron chi connectivity index (χ4n) is 1.47. The van der Waals surface area contributed by atoms with Gasteiger partial charge >= 0.3 is 0 Å². The van der Waals surface area contributed by atoms with Gasteiger partial charge < -0.3 is 10.1 Å². The van der Waals surface area contributed by atoms with Crippen LogP contribution in [0, 0.1) is 0 Å². The highest BCUT2D eigenvalue weighted by Gasteiger charge is 2.11. The molecule has 1 rings (SSSR count). The van der Waals surface area contributed by atoms with Crippen molar-refractivity contribution in [2.75, 3.05) is 14.2 Å². The third-order valence-electron chi connectivity index (χ3n) is 2.14. The van der Waals surface area contributed by atoms with Crippen LogP contribution in [0.4, 0.5) is 0 Å². The van der Waals surface area contributed by atoms with Crippen LogP contribution in [-0.2, 0) is 0 Å². The van der Waals surface area contributed by atoms with Crippen LogP contribution in [0.25, 0.3) is 0 Å². The summed E-state index contributed by atoms with van der Waals surface area (Å²) in [6.07, 6.45) is 3.89. The Bertz CT molecular complexity index is 343. The topological polar surface area (TPSA) is 34.2 Å². The van der Waals surface area contributed by atoms with Crippen molar-refractivity contribution in [1.82, 2.24) is 10.3 Å². The minimum Gasteiger partial charge on any atom is -0.481 e. The lowest BCUT2D eigenvalue weighted by atomic mass is 10.1. The summed E-state index contributed by atoms with van der Waals surface area (Å²) < 4.78 is 5.23. The molecule has 0 aliphatic rings. The summed E-state index contributed by atoms with van der Waals surface area (Å²) >= 11 is 0. The van der Waals surface area contributed by atoms with Gasteiger partial charge in [0, 0.05) is 11.8 Å². The molecule has 1 unspecified atom stereocenters. The highest BCUT2D eigenvalue weighted by Crippen LogP contribution is 2.23. The minimum atomic E-state index is 0.152. The van der Waals surface area contributed by atoms with Crippen LogP contribution >= 0.6 is 0 Å². The lowest BCUT2D eigenvalue weighted by Crippen LogP contribution is -2.15. The highest BCUT2D eigenvalue weighted by atomic mass is 16.5. The second-order valence-corrected chi connectivity index (χ2v) is 3.61. The normalized spacial score (nSPS) is 12.0. The molecule has 1 N–H and O–H groups in total. The molecule has 0 aromatic carbocycles. The standard InChI is InChI=1S/C12H18N2O/c1-9(2)8-11(13-3)10-6-5-7-14-12(10)15-4/h5-8,11,13H,1-4H3. The first-order valence-electron chi connectivity index (χ1n) is 5.00. The van der Waals surface area contributed by atoms with E-state index in [1.54, 1.807) is 13.3 Å². The molecule has 15 heavy (non-hydrogen) atoms. The van der Waals surface area contributed by atoms with Gasteiger partial charge in [0.2, 0.25) is 5.88 Å². The molecule has 0 aliphatic heterocycles. The number of aromatic nitrogens is 1. The summed E-state index contributed by atoms with van der Waals surface area (Å²) in [5, 5.41) is 3.23. The van der Waals surface area contributed by atoms with Gasteiger partial charge in [0.1, 0.15) is 0 Å². The van der Waals surface area contributed by atoms with Crippen LogP contribution in [0.1, 0.15) is 25.5 Å². The van der Waals surface area contributed by atoms with Gasteiger partial charge in [-0.05, 0) is 27.0 Å². The largest absolute Gasteiger partial charge is 0.481 e. The van der Waals surface area contributed by atoms with Crippen molar-refractivity contribution in [2.24, 2.45) is 0 Å². The van der Waals surface area contributed by atoms with E-state index in [9.17, 15) is 0 Å². The van der Waals surface area contributed by atoms with Gasteiger partial charge in [0.05, 0.1) is 13.2 Å². The number of methoxy groups -OCH3 is 1. The Balaban J connectivity index is 3.06. The van der Waals surface area contributed by atoms with Gasteiger partial charge in [-0.15, -0.1) is 0 Å². The summed E-state index contributed by atoms with van der Waals surface area (Å²) in [7, 11) is 3.57. The average molecular weight is 206 g/mol. The van der Waals surface area contributed by atoms with Crippen molar-refractivity contribution in [3.05, 3.63) is 35.5 Å². The maximum absolute atomic E-state index is 5.23. The Morgan fingerprint density at radius 3 is 2.80 bits per heavy atom. The Morgan fingerprint density at radius 2 is 2.27 bits per heavy atom. The van der Waals surface area contributed by atoms with Crippen molar-refractivity contribution in [1.29, 1.82) is 0 Å². The second-order valence-electron chi connectivity index (χ2n) is 3.61. The maximum atomic E-state index is 5.23. The summed E-state index contributed by atoms with van der Waals surface area (Å²) in [4.78, 5) is 4.18. The first-order valence-corrected chi connectivity index (χ1v) is 5.00. The van der Waals surface area contributed by atoms with Crippen molar-refractivity contribution < 1.29 is 4.74 Å². The smallest absolute Gasteiger partial charge is 0.218 e. The van der Waals surface area contributed by atoms with E-state index in [4.69, 9.17) is 4.74 Å². The Kier molecular flexibility index (Phi) is 4.31. The number of likely N-dealkylation sites (N-methyl/N-ethyl adjacent to an activating group) is 1. The number of hydrogen-bond acceptors (Lipinski definition) is 3. The number of rotatable bonds is 4. The number of hydrogen-bond donors (Lipinski definition) is 1. The summed E-state index contributed by atoms with van der Waals surface area (Å²) in [6.45, 7) is 4.15. The third-order valence-corrected chi connectivity index (χ3v) is 2.14. The van der Waals surface area contributed by atoms with E-state index in [0.717, 1.165) is 5.56 Å². The quantitative estimate of drug-likeness (QED) is 0.768. The van der Waals surface area contributed by atoms with Gasteiger partial charge in [-0.3, -0.25) is 0 Å². The molecule has 0 amide bonds. The van der Waals surface area contributed by atoms with E-state index in [1.807, 2.05) is 19.2 Å². The van der Waals surface area contributed by atoms with E-state index in [0.29, 0.717) is 5.88 Å². The average Bonchev–Trinajstić information content (AvgIpc) is 2.25. The van der Waals surface area contributed by atoms with Gasteiger partial charge in [0.25, 0.3) is 0 Å². The van der Waals surface area contributed by atoms with Gasteiger partial charge in [-0.2, -0.15) is 0 Å². The minimum absolute atomic E-state index is 0.152. The first-order chi connectivity index (χ1) is 7.19. The number of pyridine rings is 1. The van der Waals surface area contributed by atoms with Crippen LogP contribution in [0.15, 0.2) is 30.0 Å². The molecule has 1 heterocycles. The number of nitrogens with one attached hydrogen (secondary N) is 1. The van der Waals surface area contributed by atoms with Gasteiger partial charge in [0.15, 0.2) is 0 Å². The zero-order valence-corrected chi connectivity index (χ0v) is 9.74. The van der Waals surface area contributed by atoms with Gasteiger partial charge in [-0.1, -0.05) is 17.7 Å². The van der Waals surface area contributed by atoms with Crippen molar-refractivity contribution in [2.45, 2.75) is 19.9 Å². The maximum Gasteiger partial charge on any atom is 0.218 e. The molecule has 1 aromatic rings. The summed E-state index contributed by atoms with van der Waals surface area (Å²) in [6, 6.07) is 4.09. The molecule has 0 saturated heterocycles. The van der Waals surface area contributed by atoms with E-state index in [1.165, 1.54) is 5.57 Å². The lowest BCUT2D eigenvalue weighted by molar-refractivity contribution is 0.389. The van der Waals surface area contributed by atoms with Crippen LogP contribution in [0.5, 0.6) is 5.88 Å². The molecule has 0 fully saturated rings. The van der Waals surface area contributed by atoms with Crippen LogP contribution in [0.3, 0.4) is 0 Å². The van der Waals surface area contributed by atoms with E-state index in [2.05, 4.69) is 30.2 Å². The van der Waals surface area contributed by atoms with Crippen LogP contribution < -0.4 is 10.1 Å². The first kappa shape index (κ1) is 11.7. The molecule has 1 atom stereocenters. The zero-order valence-electron chi connectivity index (χ0n) is 9.74. The molecular weight excluding hydrogens is 188 g/mol. The third kappa shape index (κ3) is 3.06. The van der Waals surface area contributed by atoms with Crippen LogP contribution in [-0.4, -0.2) is 19.1 Å². The highest BCUT2D eigenvalue weighted by molar-refractivity contribution is 5.32. The molecule has 0 radical (unpaired) electrons. The number of nitrogens with zero attached hydrogens (tertiary/aromatic N) is 1. The predicted molar refractivity (Wildman–Crippen MR) is 62.0 cm³/mol. The molecule has 1 aromatic heterocycles. The fourth-order valence-corrected chi connectivity index (χ4v) is 1.47. The molecule has 0 bridgehead atoms. The molecule has 0 saturated carbocycles. The molecular formula is C12H18N2O. The molecule has 0 spiro atoms. The van der Waals surface area contributed by atoms with Crippen molar-refractivity contribution in [3.8, 4) is 5.88 Å². The van der Waals surface area contributed by atoms with E-state index < -0.39 is 0 Å². The Morgan fingerprint density at radius 1 is 1.53 bits per heavy atom. The molecule has 82 valence electrons. The fraction of sp³-hybridized carbons (Fsp3) is 0.417. The van der Waals surface area contributed by atoms with Crippen molar-refractivity contribution >= 4 is 0 Å². The van der Waals surface area contributed by atoms with Crippen molar-refractivity contribution in [3.63, 3.8) is 0 Å². The zero-order chi connectivity index (χ0) is 11.3. The Hall–Kier alpha value is -1.35.